The number of furan rings is 1. The lowest BCUT2D eigenvalue weighted by atomic mass is 9.84. The number of fused-ring (bicyclic) bond motifs is 7. The van der Waals surface area contributed by atoms with Crippen LogP contribution >= 0.6 is 0 Å². The molecule has 1 heterocycles. The highest BCUT2D eigenvalue weighted by Crippen LogP contribution is 2.46. The van der Waals surface area contributed by atoms with Gasteiger partial charge < -0.3 is 4.42 Å². The molecule has 11 aromatic rings. The molecule has 0 unspecified atom stereocenters. The lowest BCUT2D eigenvalue weighted by molar-refractivity contribution is 0.669. The molecule has 0 bridgehead atoms. The summed E-state index contributed by atoms with van der Waals surface area (Å²) in [6.45, 7) is 0. The van der Waals surface area contributed by atoms with Gasteiger partial charge in [-0.05, 0) is 130 Å². The molecule has 0 saturated heterocycles. The van der Waals surface area contributed by atoms with E-state index in [4.69, 9.17) is 4.42 Å². The summed E-state index contributed by atoms with van der Waals surface area (Å²) >= 11 is 0. The Kier molecular flexibility index (Phi) is 6.62. The first kappa shape index (κ1) is 29.7. The Bertz CT molecular complexity index is 3230. The number of hydrogen-bond acceptors (Lipinski definition) is 1. The van der Waals surface area contributed by atoms with Crippen molar-refractivity contribution in [1.29, 1.82) is 0 Å². The van der Waals surface area contributed by atoms with Crippen LogP contribution in [0.4, 0.5) is 0 Å². The van der Waals surface area contributed by atoms with Gasteiger partial charge in [0, 0.05) is 10.8 Å². The molecular formula is C52H32O. The molecule has 1 heteroatoms. The standard InChI is InChI=1S/C52H32O/c1-3-12-35-28-38(22-20-33(35)10-1)37-14-9-15-41(30-37)52-45-18-6-5-17-44(45)51(42-25-27-50-47(32-42)43-16-7-8-19-49(43)53-50)46-26-24-40(31-48(46)52)39-23-21-34-11-2-4-13-36(34)29-39/h1-32H. The molecule has 53 heavy (non-hydrogen) atoms. The summed E-state index contributed by atoms with van der Waals surface area (Å²) < 4.78 is 6.26. The quantitative estimate of drug-likeness (QED) is 0.170. The molecule has 0 spiro atoms. The van der Waals surface area contributed by atoms with Gasteiger partial charge in [0.2, 0.25) is 0 Å². The maximum atomic E-state index is 6.26. The lowest BCUT2D eigenvalue weighted by Crippen LogP contribution is -1.92. The van der Waals surface area contributed by atoms with Crippen molar-refractivity contribution in [3.63, 3.8) is 0 Å². The Hall–Kier alpha value is -6.96. The highest BCUT2D eigenvalue weighted by Gasteiger charge is 2.19. The van der Waals surface area contributed by atoms with Gasteiger partial charge in [-0.2, -0.15) is 0 Å². The lowest BCUT2D eigenvalue weighted by Gasteiger charge is -2.19. The third-order valence-electron chi connectivity index (χ3n) is 11.0. The fourth-order valence-corrected chi connectivity index (χ4v) is 8.45. The van der Waals surface area contributed by atoms with Gasteiger partial charge in [-0.1, -0.05) is 152 Å². The van der Waals surface area contributed by atoms with Gasteiger partial charge in [0.1, 0.15) is 11.2 Å². The van der Waals surface area contributed by atoms with Crippen LogP contribution in [0.5, 0.6) is 0 Å². The monoisotopic (exact) mass is 672 g/mol. The smallest absolute Gasteiger partial charge is 0.135 e. The van der Waals surface area contributed by atoms with E-state index in [2.05, 4.69) is 188 Å². The van der Waals surface area contributed by atoms with Crippen LogP contribution in [0.15, 0.2) is 199 Å². The fourth-order valence-electron chi connectivity index (χ4n) is 8.45. The second-order valence-corrected chi connectivity index (χ2v) is 14.1. The van der Waals surface area contributed by atoms with E-state index in [1.165, 1.54) is 87.6 Å². The molecule has 1 aromatic heterocycles. The van der Waals surface area contributed by atoms with Crippen LogP contribution in [0.2, 0.25) is 0 Å². The van der Waals surface area contributed by atoms with Gasteiger partial charge >= 0.3 is 0 Å². The predicted molar refractivity (Wildman–Crippen MR) is 225 cm³/mol. The van der Waals surface area contributed by atoms with E-state index >= 15 is 0 Å². The van der Waals surface area contributed by atoms with Crippen LogP contribution < -0.4 is 0 Å². The van der Waals surface area contributed by atoms with E-state index in [0.717, 1.165) is 21.9 Å². The van der Waals surface area contributed by atoms with Crippen LogP contribution in [0.3, 0.4) is 0 Å². The molecule has 0 atom stereocenters. The van der Waals surface area contributed by atoms with Gasteiger partial charge in [0.15, 0.2) is 0 Å². The molecule has 0 amide bonds. The van der Waals surface area contributed by atoms with Crippen LogP contribution in [0.25, 0.3) is 110 Å². The second kappa shape index (κ2) is 11.8. The maximum Gasteiger partial charge on any atom is 0.135 e. The molecule has 0 aliphatic heterocycles. The van der Waals surface area contributed by atoms with Crippen molar-refractivity contribution in [3.8, 4) is 44.5 Å². The van der Waals surface area contributed by atoms with Crippen molar-refractivity contribution in [1.82, 2.24) is 0 Å². The summed E-state index contributed by atoms with van der Waals surface area (Å²) in [5.41, 5.74) is 11.5. The summed E-state index contributed by atoms with van der Waals surface area (Å²) in [5.74, 6) is 0. The minimum atomic E-state index is 0.907. The van der Waals surface area contributed by atoms with Gasteiger partial charge in [0.25, 0.3) is 0 Å². The third kappa shape index (κ3) is 4.86. The largest absolute Gasteiger partial charge is 0.456 e. The zero-order valence-corrected chi connectivity index (χ0v) is 28.9. The van der Waals surface area contributed by atoms with Crippen LogP contribution in [0, 0.1) is 0 Å². The first-order chi connectivity index (χ1) is 26.2. The van der Waals surface area contributed by atoms with E-state index < -0.39 is 0 Å². The number of benzene rings is 10. The van der Waals surface area contributed by atoms with E-state index in [1.54, 1.807) is 0 Å². The molecule has 0 saturated carbocycles. The SMILES string of the molecule is c1cc(-c2ccc3ccccc3c2)cc(-c2c3ccccc3c(-c3ccc4oc5ccccc5c4c3)c3ccc(-c4ccc5ccccc5c4)cc23)c1. The van der Waals surface area contributed by atoms with Crippen LogP contribution in [0.1, 0.15) is 0 Å². The minimum Gasteiger partial charge on any atom is -0.456 e. The van der Waals surface area contributed by atoms with Crippen molar-refractivity contribution in [2.45, 2.75) is 0 Å². The van der Waals surface area contributed by atoms with Gasteiger partial charge in [0.05, 0.1) is 0 Å². The Labute approximate surface area is 307 Å². The third-order valence-corrected chi connectivity index (χ3v) is 11.0. The van der Waals surface area contributed by atoms with Crippen LogP contribution in [-0.4, -0.2) is 0 Å². The molecule has 10 aromatic carbocycles. The number of hydrogen-bond donors (Lipinski definition) is 0. The van der Waals surface area contributed by atoms with Crippen LogP contribution in [-0.2, 0) is 0 Å². The highest BCUT2D eigenvalue weighted by atomic mass is 16.3. The van der Waals surface area contributed by atoms with Crippen molar-refractivity contribution < 1.29 is 4.42 Å². The molecule has 0 aliphatic rings. The molecule has 246 valence electrons. The second-order valence-electron chi connectivity index (χ2n) is 14.1. The van der Waals surface area contributed by atoms with Crippen molar-refractivity contribution in [2.75, 3.05) is 0 Å². The van der Waals surface area contributed by atoms with Gasteiger partial charge in [-0.25, -0.2) is 0 Å². The van der Waals surface area contributed by atoms with E-state index in [1.807, 2.05) is 6.07 Å². The molecule has 0 fully saturated rings. The first-order valence-corrected chi connectivity index (χ1v) is 18.2. The average Bonchev–Trinajstić information content (AvgIpc) is 3.60. The molecule has 0 radical (unpaired) electrons. The Morgan fingerprint density at radius 3 is 1.40 bits per heavy atom. The Morgan fingerprint density at radius 1 is 0.226 bits per heavy atom. The normalized spacial score (nSPS) is 11.8. The van der Waals surface area contributed by atoms with E-state index in [0.29, 0.717) is 0 Å². The zero-order chi connectivity index (χ0) is 34.9. The van der Waals surface area contributed by atoms with Crippen molar-refractivity contribution >= 4 is 65.0 Å². The summed E-state index contributed by atoms with van der Waals surface area (Å²) in [7, 11) is 0. The minimum absolute atomic E-state index is 0.907. The molecule has 0 aliphatic carbocycles. The van der Waals surface area contributed by atoms with Gasteiger partial charge in [-0.15, -0.1) is 0 Å². The summed E-state index contributed by atoms with van der Waals surface area (Å²) in [5, 5.41) is 12.2. The Morgan fingerprint density at radius 2 is 0.679 bits per heavy atom. The predicted octanol–water partition coefficient (Wildman–Crippen LogP) is 14.9. The number of para-hydroxylation sites is 1. The van der Waals surface area contributed by atoms with Crippen molar-refractivity contribution in [2.24, 2.45) is 0 Å². The maximum absolute atomic E-state index is 6.26. The Balaban J connectivity index is 1.20. The molecular weight excluding hydrogens is 641 g/mol. The van der Waals surface area contributed by atoms with E-state index in [-0.39, 0.29) is 0 Å². The highest BCUT2D eigenvalue weighted by molar-refractivity contribution is 6.23. The molecule has 0 N–H and O–H groups in total. The van der Waals surface area contributed by atoms with E-state index in [9.17, 15) is 0 Å². The first-order valence-electron chi connectivity index (χ1n) is 18.2. The summed E-state index contributed by atoms with van der Waals surface area (Å²) in [6, 6.07) is 70.9. The number of rotatable bonds is 4. The molecule has 1 nitrogen and oxygen atoms in total. The zero-order valence-electron chi connectivity index (χ0n) is 28.9. The molecule has 11 rings (SSSR count). The summed E-state index contributed by atoms with van der Waals surface area (Å²) in [4.78, 5) is 0. The van der Waals surface area contributed by atoms with Crippen molar-refractivity contribution in [3.05, 3.63) is 194 Å². The average molecular weight is 673 g/mol. The van der Waals surface area contributed by atoms with Gasteiger partial charge in [-0.3, -0.25) is 0 Å². The topological polar surface area (TPSA) is 13.1 Å². The summed E-state index contributed by atoms with van der Waals surface area (Å²) in [6.07, 6.45) is 0. The fraction of sp³-hybridized carbons (Fsp3) is 0.